The topological polar surface area (TPSA) is 21.3 Å². The van der Waals surface area contributed by atoms with Crippen LogP contribution in [-0.4, -0.2) is 19.8 Å². The molecule has 0 heterocycles. The monoisotopic (exact) mass is 263 g/mol. The van der Waals surface area contributed by atoms with Gasteiger partial charge >= 0.3 is 0 Å². The number of nitrogens with one attached hydrogen (secondary N) is 1. The maximum atomic E-state index is 5.76. The molecule has 108 valence electrons. The fourth-order valence-electron chi connectivity index (χ4n) is 2.08. The molecule has 1 rings (SSSR count). The highest BCUT2D eigenvalue weighted by Gasteiger charge is 2.10. The Morgan fingerprint density at radius 2 is 1.68 bits per heavy atom. The Balaban J connectivity index is 2.59. The van der Waals surface area contributed by atoms with Crippen LogP contribution in [-0.2, 0) is 4.74 Å². The summed E-state index contributed by atoms with van der Waals surface area (Å²) < 4.78 is 5.76. The zero-order valence-corrected chi connectivity index (χ0v) is 12.9. The molecule has 1 aromatic carbocycles. The minimum Gasteiger partial charge on any atom is -0.379 e. The lowest BCUT2D eigenvalue weighted by atomic mass is 9.99. The molecule has 2 nitrogen and oxygen atoms in total. The molecule has 1 N–H and O–H groups in total. The number of rotatable bonds is 9. The summed E-state index contributed by atoms with van der Waals surface area (Å²) in [5.74, 6) is 0.590. The Morgan fingerprint density at radius 1 is 1.05 bits per heavy atom. The zero-order valence-electron chi connectivity index (χ0n) is 12.9. The van der Waals surface area contributed by atoms with Crippen molar-refractivity contribution >= 4 is 0 Å². The second-order valence-corrected chi connectivity index (χ2v) is 5.36. The number of ether oxygens (including phenoxy) is 1. The Morgan fingerprint density at radius 3 is 2.21 bits per heavy atom. The first-order chi connectivity index (χ1) is 9.19. The number of unbranched alkanes of at least 4 members (excludes halogenated alkanes) is 1. The van der Waals surface area contributed by atoms with E-state index in [1.165, 1.54) is 17.5 Å². The molecular weight excluding hydrogens is 234 g/mol. The van der Waals surface area contributed by atoms with Crippen molar-refractivity contribution in [3.05, 3.63) is 35.4 Å². The lowest BCUT2D eigenvalue weighted by Crippen LogP contribution is -2.25. The van der Waals surface area contributed by atoms with Gasteiger partial charge in [-0.15, -0.1) is 0 Å². The van der Waals surface area contributed by atoms with Gasteiger partial charge < -0.3 is 10.1 Å². The van der Waals surface area contributed by atoms with Crippen molar-refractivity contribution in [2.45, 2.75) is 52.5 Å². The van der Waals surface area contributed by atoms with Crippen LogP contribution in [0.3, 0.4) is 0 Å². The lowest BCUT2D eigenvalue weighted by Gasteiger charge is -2.19. The summed E-state index contributed by atoms with van der Waals surface area (Å²) in [6.45, 7) is 11.4. The molecule has 0 radical (unpaired) electrons. The molecule has 0 aliphatic carbocycles. The van der Waals surface area contributed by atoms with Gasteiger partial charge in [0.1, 0.15) is 0 Å². The molecule has 19 heavy (non-hydrogen) atoms. The second kappa shape index (κ2) is 9.11. The van der Waals surface area contributed by atoms with Gasteiger partial charge in [-0.3, -0.25) is 0 Å². The van der Waals surface area contributed by atoms with Gasteiger partial charge in [-0.1, -0.05) is 58.4 Å². The highest BCUT2D eigenvalue weighted by molar-refractivity contribution is 5.27. The highest BCUT2D eigenvalue weighted by atomic mass is 16.5. The van der Waals surface area contributed by atoms with Gasteiger partial charge in [-0.05, 0) is 30.0 Å². The Labute approximate surface area is 118 Å². The van der Waals surface area contributed by atoms with Crippen LogP contribution in [0.1, 0.15) is 63.6 Å². The first kappa shape index (κ1) is 16.2. The van der Waals surface area contributed by atoms with Crippen LogP contribution in [0.5, 0.6) is 0 Å². The molecule has 0 spiro atoms. The maximum Gasteiger partial charge on any atom is 0.0661 e. The van der Waals surface area contributed by atoms with Crippen LogP contribution in [0.2, 0.25) is 0 Å². The van der Waals surface area contributed by atoms with Crippen molar-refractivity contribution in [3.8, 4) is 0 Å². The van der Waals surface area contributed by atoms with E-state index in [0.717, 1.165) is 26.2 Å². The standard InChI is InChI=1S/C17H29NO/c1-5-7-12-19-13-17(18-6-2)16-10-8-15(9-11-16)14(3)4/h8-11,14,17-18H,5-7,12-13H2,1-4H3. The molecular formula is C17H29NO. The van der Waals surface area contributed by atoms with Gasteiger partial charge in [0, 0.05) is 6.61 Å². The van der Waals surface area contributed by atoms with Gasteiger partial charge in [0.15, 0.2) is 0 Å². The van der Waals surface area contributed by atoms with Crippen molar-refractivity contribution in [3.63, 3.8) is 0 Å². The predicted molar refractivity (Wildman–Crippen MR) is 82.7 cm³/mol. The summed E-state index contributed by atoms with van der Waals surface area (Å²) >= 11 is 0. The van der Waals surface area contributed by atoms with E-state index in [2.05, 4.69) is 57.3 Å². The van der Waals surface area contributed by atoms with Crippen molar-refractivity contribution in [1.29, 1.82) is 0 Å². The molecule has 0 saturated heterocycles. The predicted octanol–water partition coefficient (Wildman–Crippen LogP) is 4.28. The van der Waals surface area contributed by atoms with E-state index >= 15 is 0 Å². The fourth-order valence-corrected chi connectivity index (χ4v) is 2.08. The number of hydrogen-bond acceptors (Lipinski definition) is 2. The average Bonchev–Trinajstić information content (AvgIpc) is 2.42. The van der Waals surface area contributed by atoms with Crippen molar-refractivity contribution in [2.75, 3.05) is 19.8 Å². The molecule has 1 atom stereocenters. The Kier molecular flexibility index (Phi) is 7.76. The zero-order chi connectivity index (χ0) is 14.1. The molecule has 1 aromatic rings. The smallest absolute Gasteiger partial charge is 0.0661 e. The van der Waals surface area contributed by atoms with Gasteiger partial charge in [0.25, 0.3) is 0 Å². The third-order valence-electron chi connectivity index (χ3n) is 3.38. The first-order valence-electron chi connectivity index (χ1n) is 7.60. The SMILES string of the molecule is CCCCOCC(NCC)c1ccc(C(C)C)cc1. The minimum absolute atomic E-state index is 0.308. The van der Waals surface area contributed by atoms with Gasteiger partial charge in [0.05, 0.1) is 12.6 Å². The minimum atomic E-state index is 0.308. The Bertz CT molecular complexity index is 332. The van der Waals surface area contributed by atoms with Gasteiger partial charge in [-0.2, -0.15) is 0 Å². The van der Waals surface area contributed by atoms with Gasteiger partial charge in [-0.25, -0.2) is 0 Å². The van der Waals surface area contributed by atoms with Gasteiger partial charge in [0.2, 0.25) is 0 Å². The second-order valence-electron chi connectivity index (χ2n) is 5.36. The summed E-state index contributed by atoms with van der Waals surface area (Å²) in [7, 11) is 0. The van der Waals surface area contributed by atoms with Crippen LogP contribution < -0.4 is 5.32 Å². The largest absolute Gasteiger partial charge is 0.379 e. The van der Waals surface area contributed by atoms with Crippen molar-refractivity contribution in [2.24, 2.45) is 0 Å². The molecule has 1 unspecified atom stereocenters. The molecule has 0 aromatic heterocycles. The molecule has 0 bridgehead atoms. The van der Waals surface area contributed by atoms with Crippen molar-refractivity contribution < 1.29 is 4.74 Å². The normalized spacial score (nSPS) is 12.9. The number of benzene rings is 1. The van der Waals surface area contributed by atoms with E-state index in [4.69, 9.17) is 4.74 Å². The third-order valence-corrected chi connectivity index (χ3v) is 3.38. The molecule has 0 amide bonds. The van der Waals surface area contributed by atoms with E-state index < -0.39 is 0 Å². The van der Waals surface area contributed by atoms with Crippen LogP contribution in [0.4, 0.5) is 0 Å². The molecule has 0 aliphatic rings. The van der Waals surface area contributed by atoms with Crippen LogP contribution in [0.25, 0.3) is 0 Å². The quantitative estimate of drug-likeness (QED) is 0.672. The van der Waals surface area contributed by atoms with Crippen LogP contribution in [0, 0.1) is 0 Å². The maximum absolute atomic E-state index is 5.76. The molecule has 0 aliphatic heterocycles. The van der Waals surface area contributed by atoms with E-state index in [1.54, 1.807) is 0 Å². The summed E-state index contributed by atoms with van der Waals surface area (Å²) in [5.41, 5.74) is 2.72. The highest BCUT2D eigenvalue weighted by Crippen LogP contribution is 2.19. The summed E-state index contributed by atoms with van der Waals surface area (Å²) in [5, 5.41) is 3.50. The van der Waals surface area contributed by atoms with E-state index in [1.807, 2.05) is 0 Å². The first-order valence-corrected chi connectivity index (χ1v) is 7.60. The van der Waals surface area contributed by atoms with E-state index in [-0.39, 0.29) is 0 Å². The molecule has 0 saturated carbocycles. The molecule has 0 fully saturated rings. The van der Waals surface area contributed by atoms with E-state index in [9.17, 15) is 0 Å². The van der Waals surface area contributed by atoms with Crippen LogP contribution >= 0.6 is 0 Å². The summed E-state index contributed by atoms with van der Waals surface area (Å²) in [6.07, 6.45) is 2.33. The summed E-state index contributed by atoms with van der Waals surface area (Å²) in [4.78, 5) is 0. The average molecular weight is 263 g/mol. The fraction of sp³-hybridized carbons (Fsp3) is 0.647. The lowest BCUT2D eigenvalue weighted by molar-refractivity contribution is 0.109. The number of likely N-dealkylation sites (N-methyl/N-ethyl adjacent to an activating group) is 1. The van der Waals surface area contributed by atoms with Crippen molar-refractivity contribution in [1.82, 2.24) is 5.32 Å². The summed E-state index contributed by atoms with van der Waals surface area (Å²) in [6, 6.07) is 9.23. The third kappa shape index (κ3) is 5.75. The molecule has 2 heteroatoms. The Hall–Kier alpha value is -0.860. The van der Waals surface area contributed by atoms with Crippen LogP contribution in [0.15, 0.2) is 24.3 Å². The number of hydrogen-bond donors (Lipinski definition) is 1. The van der Waals surface area contributed by atoms with E-state index in [0.29, 0.717) is 12.0 Å².